The molecule has 1 aliphatic rings. The van der Waals surface area contributed by atoms with Gasteiger partial charge in [0.1, 0.15) is 5.75 Å². The summed E-state index contributed by atoms with van der Waals surface area (Å²) in [6.07, 6.45) is 0. The van der Waals surface area contributed by atoms with Crippen molar-refractivity contribution < 1.29 is 9.90 Å². The molecule has 0 unspecified atom stereocenters. The van der Waals surface area contributed by atoms with Crippen molar-refractivity contribution in [2.24, 2.45) is 0 Å². The molecule has 5 heteroatoms. The fraction of sp³-hybridized carbons (Fsp3) is 0.240. The van der Waals surface area contributed by atoms with Gasteiger partial charge >= 0.3 is 0 Å². The van der Waals surface area contributed by atoms with Crippen molar-refractivity contribution in [1.82, 2.24) is 4.90 Å². The van der Waals surface area contributed by atoms with Gasteiger partial charge in [-0.3, -0.25) is 9.69 Å². The van der Waals surface area contributed by atoms with Gasteiger partial charge in [-0.2, -0.15) is 0 Å². The van der Waals surface area contributed by atoms with E-state index in [-0.39, 0.29) is 11.9 Å². The minimum absolute atomic E-state index is 0.00519. The predicted octanol–water partition coefficient (Wildman–Crippen LogP) is 4.21. The SMILES string of the molecule is C[C@@H](C(=O)Nc1ccccc1-c1ccccc1)N1CCN(c2ccccc2O)CC1. The van der Waals surface area contributed by atoms with E-state index in [9.17, 15) is 9.90 Å². The highest BCUT2D eigenvalue weighted by Crippen LogP contribution is 2.29. The zero-order valence-corrected chi connectivity index (χ0v) is 17.2. The van der Waals surface area contributed by atoms with Crippen LogP contribution in [-0.2, 0) is 4.79 Å². The van der Waals surface area contributed by atoms with E-state index in [1.807, 2.05) is 79.7 Å². The molecule has 0 spiro atoms. The Bertz CT molecular complexity index is 998. The number of anilines is 2. The molecule has 30 heavy (non-hydrogen) atoms. The van der Waals surface area contributed by atoms with Gasteiger partial charge < -0.3 is 15.3 Å². The maximum Gasteiger partial charge on any atom is 0.241 e. The first kappa shape index (κ1) is 20.0. The number of carbonyl (C=O) groups excluding carboxylic acids is 1. The van der Waals surface area contributed by atoms with Crippen molar-refractivity contribution in [3.05, 3.63) is 78.9 Å². The predicted molar refractivity (Wildman–Crippen MR) is 122 cm³/mol. The van der Waals surface area contributed by atoms with E-state index in [4.69, 9.17) is 0 Å². The van der Waals surface area contributed by atoms with E-state index in [2.05, 4.69) is 15.1 Å². The third-order valence-electron chi connectivity index (χ3n) is 5.73. The molecular formula is C25H27N3O2. The monoisotopic (exact) mass is 401 g/mol. The molecule has 0 saturated carbocycles. The summed E-state index contributed by atoms with van der Waals surface area (Å²) < 4.78 is 0. The maximum absolute atomic E-state index is 13.0. The van der Waals surface area contributed by atoms with Gasteiger partial charge in [-0.15, -0.1) is 0 Å². The van der Waals surface area contributed by atoms with Crippen molar-refractivity contribution in [3.63, 3.8) is 0 Å². The van der Waals surface area contributed by atoms with E-state index in [1.165, 1.54) is 0 Å². The molecule has 154 valence electrons. The van der Waals surface area contributed by atoms with Crippen LogP contribution in [0.15, 0.2) is 78.9 Å². The third kappa shape index (κ3) is 4.31. The van der Waals surface area contributed by atoms with E-state index in [0.29, 0.717) is 5.75 Å². The lowest BCUT2D eigenvalue weighted by atomic mass is 10.0. The third-order valence-corrected chi connectivity index (χ3v) is 5.73. The Kier molecular flexibility index (Phi) is 6.00. The summed E-state index contributed by atoms with van der Waals surface area (Å²) in [5.41, 5.74) is 3.78. The molecule has 1 amide bonds. The normalized spacial score (nSPS) is 15.6. The fourth-order valence-electron chi connectivity index (χ4n) is 3.95. The quantitative estimate of drug-likeness (QED) is 0.673. The number of nitrogens with one attached hydrogen (secondary N) is 1. The maximum atomic E-state index is 13.0. The molecule has 0 radical (unpaired) electrons. The van der Waals surface area contributed by atoms with Gasteiger partial charge in [0, 0.05) is 37.4 Å². The Morgan fingerprint density at radius 3 is 2.23 bits per heavy atom. The number of aromatic hydroxyl groups is 1. The minimum atomic E-state index is -0.236. The summed E-state index contributed by atoms with van der Waals surface area (Å²) in [6, 6.07) is 25.2. The summed E-state index contributed by atoms with van der Waals surface area (Å²) in [7, 11) is 0. The number of hydrogen-bond donors (Lipinski definition) is 2. The second-order valence-electron chi connectivity index (χ2n) is 7.59. The number of para-hydroxylation sites is 3. The standard InChI is InChI=1S/C25H27N3O2/c1-19(27-15-17-28(18-16-27)23-13-7-8-14-24(23)29)25(30)26-22-12-6-5-11-21(22)20-9-3-2-4-10-20/h2-14,19,29H,15-18H2,1H3,(H,26,30)/t19-/m0/s1. The number of phenols is 1. The largest absolute Gasteiger partial charge is 0.506 e. The molecule has 5 nitrogen and oxygen atoms in total. The van der Waals surface area contributed by atoms with Gasteiger partial charge in [0.2, 0.25) is 5.91 Å². The second kappa shape index (κ2) is 9.01. The van der Waals surface area contributed by atoms with Gasteiger partial charge in [-0.1, -0.05) is 60.7 Å². The van der Waals surface area contributed by atoms with E-state index < -0.39 is 0 Å². The number of nitrogens with zero attached hydrogens (tertiary/aromatic N) is 2. The Hall–Kier alpha value is -3.31. The number of piperazine rings is 1. The van der Waals surface area contributed by atoms with Gasteiger partial charge in [0.15, 0.2) is 0 Å². The van der Waals surface area contributed by atoms with Crippen LogP contribution in [0.1, 0.15) is 6.92 Å². The highest BCUT2D eigenvalue weighted by Gasteiger charge is 2.26. The minimum Gasteiger partial charge on any atom is -0.506 e. The first-order valence-electron chi connectivity index (χ1n) is 10.4. The highest BCUT2D eigenvalue weighted by atomic mass is 16.3. The molecule has 1 heterocycles. The lowest BCUT2D eigenvalue weighted by Gasteiger charge is -2.38. The van der Waals surface area contributed by atoms with Crippen LogP contribution in [0.2, 0.25) is 0 Å². The topological polar surface area (TPSA) is 55.8 Å². The van der Waals surface area contributed by atoms with Crippen LogP contribution < -0.4 is 10.2 Å². The molecule has 0 aliphatic carbocycles. The zero-order chi connectivity index (χ0) is 20.9. The number of phenolic OH excluding ortho intramolecular Hbond substituents is 1. The number of rotatable bonds is 5. The Balaban J connectivity index is 1.40. The molecule has 1 aliphatic heterocycles. The Labute approximate surface area is 177 Å². The number of hydrogen-bond acceptors (Lipinski definition) is 4. The summed E-state index contributed by atoms with van der Waals surface area (Å²) in [5, 5.41) is 13.2. The van der Waals surface area contributed by atoms with Crippen molar-refractivity contribution in [2.75, 3.05) is 36.4 Å². The van der Waals surface area contributed by atoms with Gasteiger partial charge in [-0.05, 0) is 30.7 Å². The summed E-state index contributed by atoms with van der Waals surface area (Å²) >= 11 is 0. The molecule has 4 rings (SSSR count). The van der Waals surface area contributed by atoms with Gasteiger partial charge in [0.25, 0.3) is 0 Å². The first-order chi connectivity index (χ1) is 14.6. The van der Waals surface area contributed by atoms with Gasteiger partial charge in [0.05, 0.1) is 11.7 Å². The lowest BCUT2D eigenvalue weighted by molar-refractivity contribution is -0.120. The number of benzene rings is 3. The van der Waals surface area contributed by atoms with Crippen LogP contribution in [0, 0.1) is 0 Å². The second-order valence-corrected chi connectivity index (χ2v) is 7.59. The smallest absolute Gasteiger partial charge is 0.241 e. The van der Waals surface area contributed by atoms with E-state index in [1.54, 1.807) is 6.07 Å². The summed E-state index contributed by atoms with van der Waals surface area (Å²) in [4.78, 5) is 17.4. The molecule has 3 aromatic carbocycles. The van der Waals surface area contributed by atoms with Crippen molar-refractivity contribution in [1.29, 1.82) is 0 Å². The molecule has 1 atom stereocenters. The Morgan fingerprint density at radius 2 is 1.50 bits per heavy atom. The number of amides is 1. The van der Waals surface area contributed by atoms with Crippen molar-refractivity contribution in [2.45, 2.75) is 13.0 Å². The molecule has 0 aromatic heterocycles. The molecule has 2 N–H and O–H groups in total. The zero-order valence-electron chi connectivity index (χ0n) is 17.2. The molecule has 0 bridgehead atoms. The fourth-order valence-corrected chi connectivity index (χ4v) is 3.95. The van der Waals surface area contributed by atoms with Crippen LogP contribution in [-0.4, -0.2) is 48.1 Å². The van der Waals surface area contributed by atoms with Crippen LogP contribution in [0.5, 0.6) is 5.75 Å². The molecule has 1 saturated heterocycles. The molecule has 3 aromatic rings. The summed E-state index contributed by atoms with van der Waals surface area (Å²) in [6.45, 7) is 5.04. The molecular weight excluding hydrogens is 374 g/mol. The van der Waals surface area contributed by atoms with Crippen LogP contribution >= 0.6 is 0 Å². The average molecular weight is 402 g/mol. The van der Waals surface area contributed by atoms with Crippen LogP contribution in [0.4, 0.5) is 11.4 Å². The Morgan fingerprint density at radius 1 is 0.867 bits per heavy atom. The van der Waals surface area contributed by atoms with Crippen molar-refractivity contribution >= 4 is 17.3 Å². The summed E-state index contributed by atoms with van der Waals surface area (Å²) in [5.74, 6) is 0.295. The van der Waals surface area contributed by atoms with E-state index in [0.717, 1.165) is 48.7 Å². The molecule has 1 fully saturated rings. The van der Waals surface area contributed by atoms with Gasteiger partial charge in [-0.25, -0.2) is 0 Å². The number of carbonyl (C=O) groups is 1. The van der Waals surface area contributed by atoms with Crippen molar-refractivity contribution in [3.8, 4) is 16.9 Å². The average Bonchev–Trinajstić information content (AvgIpc) is 2.80. The van der Waals surface area contributed by atoms with Crippen LogP contribution in [0.25, 0.3) is 11.1 Å². The lowest BCUT2D eigenvalue weighted by Crippen LogP contribution is -2.52. The highest BCUT2D eigenvalue weighted by molar-refractivity contribution is 5.98. The van der Waals surface area contributed by atoms with E-state index >= 15 is 0 Å². The van der Waals surface area contributed by atoms with Crippen LogP contribution in [0.3, 0.4) is 0 Å². The first-order valence-corrected chi connectivity index (χ1v) is 10.4.